The summed E-state index contributed by atoms with van der Waals surface area (Å²) in [7, 11) is 1.93. The number of carbonyl (C=O) groups is 1. The van der Waals surface area contributed by atoms with Crippen LogP contribution in [0.3, 0.4) is 0 Å². The fourth-order valence-electron chi connectivity index (χ4n) is 3.83. The summed E-state index contributed by atoms with van der Waals surface area (Å²) in [6.45, 7) is 4.87. The molecule has 2 heterocycles. The van der Waals surface area contributed by atoms with Gasteiger partial charge >= 0.3 is 5.97 Å². The van der Waals surface area contributed by atoms with E-state index >= 15 is 0 Å². The molecule has 25 heavy (non-hydrogen) atoms. The summed E-state index contributed by atoms with van der Waals surface area (Å²) in [5.41, 5.74) is 1.92. The van der Waals surface area contributed by atoms with Crippen molar-refractivity contribution < 1.29 is 9.53 Å². The van der Waals surface area contributed by atoms with E-state index in [1.165, 1.54) is 11.1 Å². The number of carbonyl (C=O) groups excluding carboxylic acids is 1. The van der Waals surface area contributed by atoms with Crippen molar-refractivity contribution in [2.75, 3.05) is 19.7 Å². The van der Waals surface area contributed by atoms with Crippen LogP contribution in [0.1, 0.15) is 30.9 Å². The molecule has 0 N–H and O–H groups in total. The van der Waals surface area contributed by atoms with Gasteiger partial charge in [-0.25, -0.2) is 0 Å². The van der Waals surface area contributed by atoms with Crippen molar-refractivity contribution >= 4 is 5.97 Å². The number of benzene rings is 1. The predicted octanol–water partition coefficient (Wildman–Crippen LogP) is 2.81. The minimum atomic E-state index is -0.460. The number of hydrogen-bond acceptors (Lipinski definition) is 4. The molecule has 1 aliphatic rings. The fourth-order valence-corrected chi connectivity index (χ4v) is 3.83. The lowest BCUT2D eigenvalue weighted by atomic mass is 9.75. The van der Waals surface area contributed by atoms with Crippen molar-refractivity contribution in [1.29, 1.82) is 0 Å². The maximum absolute atomic E-state index is 12.9. The number of ether oxygens (including phenoxy) is 1. The van der Waals surface area contributed by atoms with E-state index in [-0.39, 0.29) is 5.97 Å². The quantitative estimate of drug-likeness (QED) is 0.758. The highest BCUT2D eigenvalue weighted by Crippen LogP contribution is 2.36. The third kappa shape index (κ3) is 4.28. The Bertz CT molecular complexity index is 698. The van der Waals surface area contributed by atoms with Crippen molar-refractivity contribution in [3.05, 3.63) is 53.9 Å². The molecule has 3 rings (SSSR count). The first-order valence-corrected chi connectivity index (χ1v) is 9.02. The number of nitrogens with zero attached hydrogens (tertiary/aromatic N) is 3. The number of piperidine rings is 1. The first-order valence-electron chi connectivity index (χ1n) is 9.02. The van der Waals surface area contributed by atoms with E-state index in [9.17, 15) is 4.79 Å². The molecule has 0 amide bonds. The molecular weight excluding hydrogens is 314 g/mol. The van der Waals surface area contributed by atoms with Gasteiger partial charge in [-0.1, -0.05) is 30.3 Å². The van der Waals surface area contributed by atoms with E-state index in [2.05, 4.69) is 22.1 Å². The molecule has 5 heteroatoms. The van der Waals surface area contributed by atoms with Crippen LogP contribution in [0.4, 0.5) is 0 Å². The first-order chi connectivity index (χ1) is 12.1. The lowest BCUT2D eigenvalue weighted by molar-refractivity contribution is -0.159. The van der Waals surface area contributed by atoms with Gasteiger partial charge in [-0.05, 0) is 38.3 Å². The summed E-state index contributed by atoms with van der Waals surface area (Å²) < 4.78 is 7.30. The molecule has 1 aliphatic heterocycles. The topological polar surface area (TPSA) is 47.4 Å². The van der Waals surface area contributed by atoms with Gasteiger partial charge < -0.3 is 4.74 Å². The zero-order chi connectivity index (χ0) is 17.7. The zero-order valence-corrected chi connectivity index (χ0v) is 15.1. The van der Waals surface area contributed by atoms with Crippen LogP contribution in [-0.4, -0.2) is 40.3 Å². The summed E-state index contributed by atoms with van der Waals surface area (Å²) in [6.07, 6.45) is 6.56. The molecule has 1 atom stereocenters. The Labute approximate surface area is 149 Å². The lowest BCUT2D eigenvalue weighted by Gasteiger charge is -2.41. The predicted molar refractivity (Wildman–Crippen MR) is 96.9 cm³/mol. The van der Waals surface area contributed by atoms with E-state index in [4.69, 9.17) is 4.74 Å². The average molecular weight is 341 g/mol. The van der Waals surface area contributed by atoms with Gasteiger partial charge in [-0.3, -0.25) is 14.4 Å². The zero-order valence-electron chi connectivity index (χ0n) is 15.1. The fraction of sp³-hybridized carbons (Fsp3) is 0.500. The number of aryl methyl sites for hydroxylation is 1. The molecule has 1 aromatic carbocycles. The van der Waals surface area contributed by atoms with E-state index < -0.39 is 5.41 Å². The number of hydrogen-bond donors (Lipinski definition) is 0. The van der Waals surface area contributed by atoms with Crippen molar-refractivity contribution in [2.45, 2.75) is 32.7 Å². The van der Waals surface area contributed by atoms with Crippen molar-refractivity contribution in [3.63, 3.8) is 0 Å². The van der Waals surface area contributed by atoms with Crippen LogP contribution in [0.15, 0.2) is 42.7 Å². The Morgan fingerprint density at radius 3 is 2.76 bits per heavy atom. The van der Waals surface area contributed by atoms with Crippen LogP contribution in [-0.2, 0) is 29.5 Å². The summed E-state index contributed by atoms with van der Waals surface area (Å²) in [6, 6.07) is 10.3. The molecule has 0 aliphatic carbocycles. The summed E-state index contributed by atoms with van der Waals surface area (Å²) >= 11 is 0. The SMILES string of the molecule is CCOC(=O)C1(Cc2ccccc2)CCCN(Cc2cnn(C)c2)C1. The smallest absolute Gasteiger partial charge is 0.313 e. The molecule has 2 aromatic rings. The second-order valence-electron chi connectivity index (χ2n) is 7.00. The molecule has 1 saturated heterocycles. The molecule has 134 valence electrons. The summed E-state index contributed by atoms with van der Waals surface area (Å²) in [4.78, 5) is 15.2. The van der Waals surface area contributed by atoms with Crippen LogP contribution in [0.2, 0.25) is 0 Å². The molecule has 0 radical (unpaired) electrons. The lowest BCUT2D eigenvalue weighted by Crippen LogP contribution is -2.49. The molecule has 0 bridgehead atoms. The molecule has 1 fully saturated rings. The number of rotatable bonds is 6. The largest absolute Gasteiger partial charge is 0.466 e. The van der Waals surface area contributed by atoms with Crippen LogP contribution >= 0.6 is 0 Å². The molecule has 0 saturated carbocycles. The second kappa shape index (κ2) is 7.83. The maximum atomic E-state index is 12.9. The Hall–Kier alpha value is -2.14. The Morgan fingerprint density at radius 1 is 1.28 bits per heavy atom. The molecule has 5 nitrogen and oxygen atoms in total. The van der Waals surface area contributed by atoms with Gasteiger partial charge in [0.05, 0.1) is 18.2 Å². The van der Waals surface area contributed by atoms with Gasteiger partial charge in [0.2, 0.25) is 0 Å². The van der Waals surface area contributed by atoms with Crippen LogP contribution < -0.4 is 0 Å². The van der Waals surface area contributed by atoms with Gasteiger partial charge in [0.25, 0.3) is 0 Å². The van der Waals surface area contributed by atoms with Crippen LogP contribution in [0.25, 0.3) is 0 Å². The monoisotopic (exact) mass is 341 g/mol. The van der Waals surface area contributed by atoms with Crippen molar-refractivity contribution in [2.24, 2.45) is 12.5 Å². The second-order valence-corrected chi connectivity index (χ2v) is 7.00. The highest BCUT2D eigenvalue weighted by Gasteiger charge is 2.43. The molecule has 1 aromatic heterocycles. The molecule has 1 unspecified atom stereocenters. The summed E-state index contributed by atoms with van der Waals surface area (Å²) in [5.74, 6) is -0.0604. The number of likely N-dealkylation sites (tertiary alicyclic amines) is 1. The van der Waals surface area contributed by atoms with Crippen molar-refractivity contribution in [3.8, 4) is 0 Å². The van der Waals surface area contributed by atoms with Crippen molar-refractivity contribution in [1.82, 2.24) is 14.7 Å². The Kier molecular flexibility index (Phi) is 5.53. The van der Waals surface area contributed by atoms with E-state index in [0.717, 1.165) is 38.9 Å². The average Bonchev–Trinajstić information content (AvgIpc) is 3.01. The van der Waals surface area contributed by atoms with E-state index in [0.29, 0.717) is 6.61 Å². The van der Waals surface area contributed by atoms with Crippen LogP contribution in [0.5, 0.6) is 0 Å². The van der Waals surface area contributed by atoms with Gasteiger partial charge in [0.15, 0.2) is 0 Å². The maximum Gasteiger partial charge on any atom is 0.313 e. The van der Waals surface area contributed by atoms with Gasteiger partial charge in [0, 0.05) is 31.9 Å². The normalized spacial score (nSPS) is 21.2. The Morgan fingerprint density at radius 2 is 2.08 bits per heavy atom. The Balaban J connectivity index is 1.79. The highest BCUT2D eigenvalue weighted by molar-refractivity contribution is 5.77. The van der Waals surface area contributed by atoms with E-state index in [1.807, 2.05) is 49.2 Å². The molecular formula is C20H27N3O2. The van der Waals surface area contributed by atoms with Crippen LogP contribution in [0, 0.1) is 5.41 Å². The number of aromatic nitrogens is 2. The van der Waals surface area contributed by atoms with Gasteiger partial charge in [-0.2, -0.15) is 5.10 Å². The first kappa shape index (κ1) is 17.7. The third-order valence-electron chi connectivity index (χ3n) is 4.91. The summed E-state index contributed by atoms with van der Waals surface area (Å²) in [5, 5.41) is 4.25. The number of esters is 1. The van der Waals surface area contributed by atoms with Gasteiger partial charge in [0.1, 0.15) is 0 Å². The van der Waals surface area contributed by atoms with E-state index in [1.54, 1.807) is 0 Å². The molecule has 0 spiro atoms. The minimum Gasteiger partial charge on any atom is -0.466 e. The van der Waals surface area contributed by atoms with Gasteiger partial charge in [-0.15, -0.1) is 0 Å². The third-order valence-corrected chi connectivity index (χ3v) is 4.91. The minimum absolute atomic E-state index is 0.0604. The standard InChI is InChI=1S/C20H27N3O2/c1-3-25-19(24)20(12-17-8-5-4-6-9-17)10-7-11-23(16-20)15-18-13-21-22(2)14-18/h4-6,8-9,13-14H,3,7,10-12,15-16H2,1-2H3. The highest BCUT2D eigenvalue weighted by atomic mass is 16.5.